The van der Waals surface area contributed by atoms with Crippen LogP contribution in [0.4, 0.5) is 4.39 Å². The third kappa shape index (κ3) is 2.93. The third-order valence-corrected chi connectivity index (χ3v) is 4.01. The molecule has 1 aliphatic heterocycles. The maximum atomic E-state index is 13.7. The van der Waals surface area contributed by atoms with Crippen LogP contribution in [-0.2, 0) is 20.0 Å². The van der Waals surface area contributed by atoms with Crippen LogP contribution in [0.5, 0.6) is 0 Å². The second kappa shape index (κ2) is 5.98. The van der Waals surface area contributed by atoms with Gasteiger partial charge in [-0.1, -0.05) is 18.2 Å². The molecule has 1 aromatic heterocycles. The number of aryl methyl sites for hydroxylation is 1. The molecule has 1 aromatic carbocycles. The fourth-order valence-electron chi connectivity index (χ4n) is 2.80. The monoisotopic (exact) mass is 303 g/mol. The topological polar surface area (TPSA) is 58.4 Å². The minimum absolute atomic E-state index is 0.143. The molecule has 0 saturated heterocycles. The van der Waals surface area contributed by atoms with Gasteiger partial charge in [-0.25, -0.2) is 9.07 Å². The fraction of sp³-hybridized carbons (Fsp3) is 0.375. The number of rotatable bonds is 3. The lowest BCUT2D eigenvalue weighted by atomic mass is 10.0. The minimum atomic E-state index is -0.887. The van der Waals surface area contributed by atoms with Crippen molar-refractivity contribution in [3.05, 3.63) is 63.3 Å². The summed E-state index contributed by atoms with van der Waals surface area (Å²) in [6, 6.07) is 7.84. The molecule has 0 unspecified atom stereocenters. The molecule has 0 saturated carbocycles. The Labute approximate surface area is 127 Å². The van der Waals surface area contributed by atoms with Crippen molar-refractivity contribution in [2.45, 2.75) is 19.1 Å². The Hall–Kier alpha value is -2.05. The smallest absolute Gasteiger partial charge is 0.266 e. The van der Waals surface area contributed by atoms with Crippen LogP contribution in [0, 0.1) is 5.82 Å². The largest absolute Gasteiger partial charge is 0.387 e. The van der Waals surface area contributed by atoms with Crippen molar-refractivity contribution >= 4 is 0 Å². The Kier molecular flexibility index (Phi) is 4.04. The first-order chi connectivity index (χ1) is 10.5. The summed E-state index contributed by atoms with van der Waals surface area (Å²) >= 11 is 0. The van der Waals surface area contributed by atoms with Gasteiger partial charge in [0.2, 0.25) is 0 Å². The molecule has 0 bridgehead atoms. The standard InChI is InChI=1S/C16H18FN3O2/c1-19-16(22)8-11-9-20(7-6-14(11)18-19)10-15(21)12-4-2-3-5-13(12)17/h2-5,8,15,21H,6-7,9-10H2,1H3/t15-/m1/s1. The average molecular weight is 303 g/mol. The van der Waals surface area contributed by atoms with Gasteiger partial charge < -0.3 is 5.11 Å². The number of aromatic nitrogens is 2. The zero-order valence-corrected chi connectivity index (χ0v) is 12.4. The number of aliphatic hydroxyl groups is 1. The third-order valence-electron chi connectivity index (χ3n) is 4.01. The summed E-state index contributed by atoms with van der Waals surface area (Å²) in [5.74, 6) is -0.400. The lowest BCUT2D eigenvalue weighted by molar-refractivity contribution is 0.102. The van der Waals surface area contributed by atoms with Gasteiger partial charge in [0.15, 0.2) is 0 Å². The highest BCUT2D eigenvalue weighted by Gasteiger charge is 2.22. The van der Waals surface area contributed by atoms with Gasteiger partial charge >= 0.3 is 0 Å². The summed E-state index contributed by atoms with van der Waals surface area (Å²) < 4.78 is 15.0. The predicted octanol–water partition coefficient (Wildman–Crippen LogP) is 1.01. The number of aliphatic hydroxyl groups excluding tert-OH is 1. The van der Waals surface area contributed by atoms with Gasteiger partial charge in [-0.05, 0) is 11.6 Å². The molecule has 0 spiro atoms. The fourth-order valence-corrected chi connectivity index (χ4v) is 2.80. The molecule has 3 rings (SSSR count). The van der Waals surface area contributed by atoms with E-state index in [1.807, 2.05) is 4.90 Å². The Morgan fingerprint density at radius 2 is 2.18 bits per heavy atom. The van der Waals surface area contributed by atoms with Gasteiger partial charge in [0, 0.05) is 44.7 Å². The van der Waals surface area contributed by atoms with E-state index in [9.17, 15) is 14.3 Å². The SMILES string of the molecule is Cn1nc2c(cc1=O)CN(C[C@@H](O)c1ccccc1F)CC2. The number of β-amino-alcohol motifs (C(OH)–C–C–N with tert-alkyl or cyclic N) is 1. The maximum absolute atomic E-state index is 13.7. The molecular formula is C16H18FN3O2. The molecule has 0 radical (unpaired) electrons. The second-order valence-electron chi connectivity index (χ2n) is 5.60. The van der Waals surface area contributed by atoms with E-state index in [1.165, 1.54) is 10.7 Å². The molecule has 1 atom stereocenters. The Morgan fingerprint density at radius 1 is 1.41 bits per heavy atom. The van der Waals surface area contributed by atoms with Crippen LogP contribution in [0.3, 0.4) is 0 Å². The van der Waals surface area contributed by atoms with Crippen molar-refractivity contribution in [2.75, 3.05) is 13.1 Å². The molecule has 2 aromatic rings. The molecule has 116 valence electrons. The van der Waals surface area contributed by atoms with Gasteiger partial charge in [0.25, 0.3) is 5.56 Å². The summed E-state index contributed by atoms with van der Waals surface area (Å²) in [6.45, 7) is 1.60. The summed E-state index contributed by atoms with van der Waals surface area (Å²) in [4.78, 5) is 13.7. The molecule has 0 amide bonds. The van der Waals surface area contributed by atoms with Crippen molar-refractivity contribution in [1.82, 2.24) is 14.7 Å². The van der Waals surface area contributed by atoms with Crippen molar-refractivity contribution in [2.24, 2.45) is 7.05 Å². The van der Waals surface area contributed by atoms with Gasteiger partial charge in [0.1, 0.15) is 5.82 Å². The van der Waals surface area contributed by atoms with Crippen molar-refractivity contribution < 1.29 is 9.50 Å². The molecule has 2 heterocycles. The van der Waals surface area contributed by atoms with Crippen LogP contribution in [0.25, 0.3) is 0 Å². The normalized spacial score (nSPS) is 16.3. The van der Waals surface area contributed by atoms with Crippen LogP contribution < -0.4 is 5.56 Å². The molecule has 1 aliphatic rings. The van der Waals surface area contributed by atoms with E-state index in [2.05, 4.69) is 5.10 Å². The van der Waals surface area contributed by atoms with Crippen LogP contribution in [0.1, 0.15) is 22.9 Å². The Morgan fingerprint density at radius 3 is 2.95 bits per heavy atom. The second-order valence-corrected chi connectivity index (χ2v) is 5.60. The van der Waals surface area contributed by atoms with Crippen LogP contribution in [-0.4, -0.2) is 32.9 Å². The van der Waals surface area contributed by atoms with Gasteiger partial charge in [-0.3, -0.25) is 9.69 Å². The minimum Gasteiger partial charge on any atom is -0.387 e. The molecule has 0 aliphatic carbocycles. The van der Waals surface area contributed by atoms with E-state index in [0.29, 0.717) is 25.1 Å². The number of hydrogen-bond donors (Lipinski definition) is 1. The maximum Gasteiger partial charge on any atom is 0.266 e. The zero-order valence-electron chi connectivity index (χ0n) is 12.4. The van der Waals surface area contributed by atoms with E-state index >= 15 is 0 Å². The summed E-state index contributed by atoms with van der Waals surface area (Å²) in [5, 5.41) is 14.5. The van der Waals surface area contributed by atoms with Gasteiger partial charge in [0.05, 0.1) is 11.8 Å². The highest BCUT2D eigenvalue weighted by Crippen LogP contribution is 2.21. The van der Waals surface area contributed by atoms with E-state index in [4.69, 9.17) is 0 Å². The first-order valence-electron chi connectivity index (χ1n) is 7.25. The molecule has 22 heavy (non-hydrogen) atoms. The summed E-state index contributed by atoms with van der Waals surface area (Å²) in [7, 11) is 1.64. The molecular weight excluding hydrogens is 285 g/mol. The van der Waals surface area contributed by atoms with E-state index < -0.39 is 11.9 Å². The molecule has 6 heteroatoms. The zero-order chi connectivity index (χ0) is 15.7. The van der Waals surface area contributed by atoms with Crippen LogP contribution >= 0.6 is 0 Å². The number of benzene rings is 1. The quantitative estimate of drug-likeness (QED) is 0.919. The molecule has 0 fully saturated rings. The first kappa shape index (κ1) is 14.9. The van der Waals surface area contributed by atoms with Gasteiger partial charge in [-0.2, -0.15) is 5.10 Å². The lowest BCUT2D eigenvalue weighted by Crippen LogP contribution is -2.36. The summed E-state index contributed by atoms with van der Waals surface area (Å²) in [5.41, 5.74) is 1.96. The van der Waals surface area contributed by atoms with E-state index in [1.54, 1.807) is 31.3 Å². The van der Waals surface area contributed by atoms with Crippen molar-refractivity contribution in [3.63, 3.8) is 0 Å². The first-order valence-corrected chi connectivity index (χ1v) is 7.25. The highest BCUT2D eigenvalue weighted by molar-refractivity contribution is 5.22. The summed E-state index contributed by atoms with van der Waals surface area (Å²) in [6.07, 6.45) is -0.171. The Bertz CT molecular complexity index is 744. The van der Waals surface area contributed by atoms with Crippen LogP contribution in [0.15, 0.2) is 35.1 Å². The number of hydrogen-bond acceptors (Lipinski definition) is 4. The predicted molar refractivity (Wildman–Crippen MR) is 79.8 cm³/mol. The van der Waals surface area contributed by atoms with Crippen molar-refractivity contribution in [1.29, 1.82) is 0 Å². The van der Waals surface area contributed by atoms with E-state index in [0.717, 1.165) is 17.8 Å². The van der Waals surface area contributed by atoms with Crippen molar-refractivity contribution in [3.8, 4) is 0 Å². The van der Waals surface area contributed by atoms with Crippen LogP contribution in [0.2, 0.25) is 0 Å². The van der Waals surface area contributed by atoms with Gasteiger partial charge in [-0.15, -0.1) is 0 Å². The molecule has 5 nitrogen and oxygen atoms in total. The van der Waals surface area contributed by atoms with E-state index in [-0.39, 0.29) is 5.56 Å². The number of nitrogens with zero attached hydrogens (tertiary/aromatic N) is 3. The molecule has 1 N–H and O–H groups in total. The Balaban J connectivity index is 1.74. The number of halogens is 1. The lowest BCUT2D eigenvalue weighted by Gasteiger charge is -2.29. The average Bonchev–Trinajstić information content (AvgIpc) is 2.49. The highest BCUT2D eigenvalue weighted by atomic mass is 19.1. The number of fused-ring (bicyclic) bond motifs is 1.